The summed E-state index contributed by atoms with van der Waals surface area (Å²) in [7, 11) is 0. The Bertz CT molecular complexity index is 311. The van der Waals surface area contributed by atoms with E-state index in [-0.39, 0.29) is 0 Å². The first-order valence-corrected chi connectivity index (χ1v) is 5.95. The highest BCUT2D eigenvalue weighted by molar-refractivity contribution is 5.84. The first kappa shape index (κ1) is 14.3. The second-order valence-electron chi connectivity index (χ2n) is 4.46. The Kier molecular flexibility index (Phi) is 5.41. The number of urea groups is 1. The topological polar surface area (TPSA) is 107 Å². The Hall–Kier alpha value is -1.79. The Morgan fingerprint density at radius 2 is 1.67 bits per heavy atom. The normalized spacial score (nSPS) is 14.0. The van der Waals surface area contributed by atoms with E-state index in [9.17, 15) is 14.4 Å². The van der Waals surface area contributed by atoms with E-state index in [1.165, 1.54) is 12.8 Å². The lowest BCUT2D eigenvalue weighted by Gasteiger charge is -2.18. The smallest absolute Gasteiger partial charge is 0.323 e. The molecule has 7 nitrogen and oxygen atoms in total. The van der Waals surface area contributed by atoms with E-state index in [1.807, 2.05) is 0 Å². The van der Waals surface area contributed by atoms with Crippen LogP contribution in [0.15, 0.2) is 0 Å². The number of nitrogens with zero attached hydrogens (tertiary/aromatic N) is 1. The van der Waals surface area contributed by atoms with Gasteiger partial charge in [0.15, 0.2) is 0 Å². The van der Waals surface area contributed by atoms with Gasteiger partial charge in [0, 0.05) is 6.54 Å². The number of hydrogen-bond donors (Lipinski definition) is 3. The van der Waals surface area contributed by atoms with Crippen LogP contribution in [0, 0.1) is 5.92 Å². The fraction of sp³-hybridized carbons (Fsp3) is 0.727. The molecule has 0 atom stereocenters. The highest BCUT2D eigenvalue weighted by Crippen LogP contribution is 2.33. The molecule has 7 heteroatoms. The standard InChI is InChI=1S/C11H18N2O5/c14-9(15)6-13(7-10(16)17)11(18)12-5-1-2-8-3-4-8/h8H,1-7H2,(H,12,18)(H,14,15)(H,16,17). The second kappa shape index (κ2) is 6.83. The van der Waals surface area contributed by atoms with Crippen molar-refractivity contribution >= 4 is 18.0 Å². The summed E-state index contributed by atoms with van der Waals surface area (Å²) in [5.41, 5.74) is 0. The van der Waals surface area contributed by atoms with Crippen LogP contribution in [0.2, 0.25) is 0 Å². The summed E-state index contributed by atoms with van der Waals surface area (Å²) in [6.07, 6.45) is 4.39. The molecule has 18 heavy (non-hydrogen) atoms. The minimum Gasteiger partial charge on any atom is -0.480 e. The van der Waals surface area contributed by atoms with Gasteiger partial charge in [0.1, 0.15) is 13.1 Å². The summed E-state index contributed by atoms with van der Waals surface area (Å²) >= 11 is 0. The van der Waals surface area contributed by atoms with Gasteiger partial charge < -0.3 is 20.4 Å². The number of amides is 2. The number of hydrogen-bond acceptors (Lipinski definition) is 3. The molecule has 0 unspecified atom stereocenters. The van der Waals surface area contributed by atoms with E-state index >= 15 is 0 Å². The van der Waals surface area contributed by atoms with Gasteiger partial charge in [0.2, 0.25) is 0 Å². The van der Waals surface area contributed by atoms with E-state index in [1.54, 1.807) is 0 Å². The van der Waals surface area contributed by atoms with Gasteiger partial charge in [-0.05, 0) is 18.8 Å². The Labute approximate surface area is 105 Å². The molecule has 1 saturated carbocycles. The van der Waals surface area contributed by atoms with E-state index in [0.29, 0.717) is 6.54 Å². The first-order valence-electron chi connectivity index (χ1n) is 5.95. The zero-order chi connectivity index (χ0) is 13.5. The molecule has 0 aromatic rings. The molecule has 0 heterocycles. The van der Waals surface area contributed by atoms with Crippen molar-refractivity contribution < 1.29 is 24.6 Å². The van der Waals surface area contributed by atoms with Crippen molar-refractivity contribution in [1.82, 2.24) is 10.2 Å². The number of rotatable bonds is 8. The summed E-state index contributed by atoms with van der Waals surface area (Å²) in [6.45, 7) is -0.771. The summed E-state index contributed by atoms with van der Waals surface area (Å²) in [6, 6.07) is -0.643. The maximum atomic E-state index is 11.6. The molecular weight excluding hydrogens is 240 g/mol. The lowest BCUT2D eigenvalue weighted by Crippen LogP contribution is -2.45. The highest BCUT2D eigenvalue weighted by atomic mass is 16.4. The second-order valence-corrected chi connectivity index (χ2v) is 4.46. The van der Waals surface area contributed by atoms with Crippen molar-refractivity contribution in [1.29, 1.82) is 0 Å². The maximum absolute atomic E-state index is 11.6. The zero-order valence-corrected chi connectivity index (χ0v) is 10.1. The quantitative estimate of drug-likeness (QED) is 0.545. The molecule has 1 aliphatic rings. The van der Waals surface area contributed by atoms with E-state index in [4.69, 9.17) is 10.2 Å². The van der Waals surface area contributed by atoms with Crippen molar-refractivity contribution in [3.05, 3.63) is 0 Å². The minimum absolute atomic E-state index is 0.449. The van der Waals surface area contributed by atoms with Crippen molar-refractivity contribution in [3.63, 3.8) is 0 Å². The van der Waals surface area contributed by atoms with Gasteiger partial charge in [-0.2, -0.15) is 0 Å². The average Bonchev–Trinajstić information content (AvgIpc) is 3.05. The van der Waals surface area contributed by atoms with Crippen LogP contribution in [-0.4, -0.2) is 52.7 Å². The van der Waals surface area contributed by atoms with Crippen LogP contribution in [-0.2, 0) is 9.59 Å². The largest absolute Gasteiger partial charge is 0.480 e. The molecule has 0 spiro atoms. The number of aliphatic carboxylic acids is 2. The Balaban J connectivity index is 2.26. The number of carboxylic acids is 2. The van der Waals surface area contributed by atoms with Gasteiger partial charge in [-0.15, -0.1) is 0 Å². The van der Waals surface area contributed by atoms with Crippen LogP contribution in [0.1, 0.15) is 25.7 Å². The molecule has 1 aliphatic carbocycles. The van der Waals surface area contributed by atoms with Crippen LogP contribution in [0.5, 0.6) is 0 Å². The van der Waals surface area contributed by atoms with E-state index in [2.05, 4.69) is 5.32 Å². The van der Waals surface area contributed by atoms with E-state index in [0.717, 1.165) is 23.7 Å². The van der Waals surface area contributed by atoms with Crippen molar-refractivity contribution in [3.8, 4) is 0 Å². The lowest BCUT2D eigenvalue weighted by molar-refractivity contribution is -0.140. The van der Waals surface area contributed by atoms with Gasteiger partial charge >= 0.3 is 18.0 Å². The van der Waals surface area contributed by atoms with Crippen LogP contribution in [0.4, 0.5) is 4.79 Å². The van der Waals surface area contributed by atoms with Gasteiger partial charge in [-0.1, -0.05) is 12.8 Å². The monoisotopic (exact) mass is 258 g/mol. The van der Waals surface area contributed by atoms with Crippen LogP contribution in [0.25, 0.3) is 0 Å². The average molecular weight is 258 g/mol. The molecule has 102 valence electrons. The van der Waals surface area contributed by atoms with Crippen molar-refractivity contribution in [2.75, 3.05) is 19.6 Å². The van der Waals surface area contributed by atoms with Crippen LogP contribution in [0.3, 0.4) is 0 Å². The molecule has 2 amide bonds. The van der Waals surface area contributed by atoms with Crippen LogP contribution < -0.4 is 5.32 Å². The molecule has 0 saturated heterocycles. The summed E-state index contributed by atoms with van der Waals surface area (Å²) in [4.78, 5) is 33.3. The summed E-state index contributed by atoms with van der Waals surface area (Å²) < 4.78 is 0. The summed E-state index contributed by atoms with van der Waals surface area (Å²) in [5, 5.41) is 19.7. The molecule has 0 radical (unpaired) electrons. The molecule has 0 aromatic heterocycles. The summed E-state index contributed by atoms with van der Waals surface area (Å²) in [5.74, 6) is -1.69. The Morgan fingerprint density at radius 1 is 1.11 bits per heavy atom. The third-order valence-corrected chi connectivity index (χ3v) is 2.70. The third-order valence-electron chi connectivity index (χ3n) is 2.70. The van der Waals surface area contributed by atoms with Gasteiger partial charge in [-0.25, -0.2) is 4.79 Å². The third kappa shape index (κ3) is 6.07. The maximum Gasteiger partial charge on any atom is 0.323 e. The molecule has 1 fully saturated rings. The van der Waals surface area contributed by atoms with E-state index < -0.39 is 31.1 Å². The molecule has 0 aromatic carbocycles. The number of carbonyl (C=O) groups is 3. The first-order chi connectivity index (χ1) is 8.49. The predicted octanol–water partition coefficient (Wildman–Crippen LogP) is 0.357. The number of nitrogens with one attached hydrogen (secondary N) is 1. The zero-order valence-electron chi connectivity index (χ0n) is 10.1. The minimum atomic E-state index is -1.23. The highest BCUT2D eigenvalue weighted by Gasteiger charge is 2.21. The van der Waals surface area contributed by atoms with Gasteiger partial charge in [0.05, 0.1) is 0 Å². The van der Waals surface area contributed by atoms with Gasteiger partial charge in [-0.3, -0.25) is 9.59 Å². The predicted molar refractivity (Wildman–Crippen MR) is 62.2 cm³/mol. The Morgan fingerprint density at radius 3 is 2.11 bits per heavy atom. The number of carbonyl (C=O) groups excluding carboxylic acids is 1. The SMILES string of the molecule is O=C(O)CN(CC(=O)O)C(=O)NCCCC1CC1. The van der Waals surface area contributed by atoms with Crippen molar-refractivity contribution in [2.45, 2.75) is 25.7 Å². The van der Waals surface area contributed by atoms with Crippen molar-refractivity contribution in [2.24, 2.45) is 5.92 Å². The number of carboxylic acid groups (broad SMARTS) is 2. The molecule has 0 bridgehead atoms. The molecule has 3 N–H and O–H groups in total. The molecular formula is C11H18N2O5. The van der Waals surface area contributed by atoms with Gasteiger partial charge in [0.25, 0.3) is 0 Å². The fourth-order valence-electron chi connectivity index (χ4n) is 1.63. The molecule has 1 rings (SSSR count). The lowest BCUT2D eigenvalue weighted by atomic mass is 10.2. The van der Waals surface area contributed by atoms with Crippen LogP contribution >= 0.6 is 0 Å². The molecule has 0 aliphatic heterocycles. The fourth-order valence-corrected chi connectivity index (χ4v) is 1.63.